The van der Waals surface area contributed by atoms with Crippen molar-refractivity contribution in [3.63, 3.8) is 0 Å². The lowest BCUT2D eigenvalue weighted by molar-refractivity contribution is -0.133. The maximum absolute atomic E-state index is 14.4. The highest BCUT2D eigenvalue weighted by Gasteiger charge is 2.38. The van der Waals surface area contributed by atoms with Gasteiger partial charge in [-0.25, -0.2) is 4.39 Å². The Hall–Kier alpha value is -2.64. The zero-order chi connectivity index (χ0) is 22.5. The number of aryl methyl sites for hydroxylation is 1. The molecule has 4 rings (SSSR count). The summed E-state index contributed by atoms with van der Waals surface area (Å²) in [5.41, 5.74) is 8.37. The normalized spacial score (nSPS) is 23.2. The zero-order valence-corrected chi connectivity index (χ0v) is 18.8. The van der Waals surface area contributed by atoms with Gasteiger partial charge in [-0.3, -0.25) is 15.6 Å². The van der Waals surface area contributed by atoms with Crippen molar-refractivity contribution in [3.8, 4) is 11.5 Å². The van der Waals surface area contributed by atoms with Crippen molar-refractivity contribution in [3.05, 3.63) is 59.4 Å². The number of methoxy groups -OCH3 is 2. The van der Waals surface area contributed by atoms with Crippen LogP contribution in [0.1, 0.15) is 36.3 Å². The third-order valence-corrected chi connectivity index (χ3v) is 6.72. The van der Waals surface area contributed by atoms with E-state index < -0.39 is 0 Å². The Morgan fingerprint density at radius 2 is 1.97 bits per heavy atom. The summed E-state index contributed by atoms with van der Waals surface area (Å²) in [6, 6.07) is 12.9. The SMILES string of the molecule is COc1ccc(CCC(=O)N2CCCC(C3NNCC3c3ccccc3F)C2)cc1OC. The van der Waals surface area contributed by atoms with Crippen molar-refractivity contribution >= 4 is 5.91 Å². The molecule has 0 aromatic heterocycles. The molecule has 2 saturated heterocycles. The summed E-state index contributed by atoms with van der Waals surface area (Å²) in [6.07, 6.45) is 3.11. The van der Waals surface area contributed by atoms with Crippen LogP contribution in [0, 0.1) is 11.7 Å². The Morgan fingerprint density at radius 1 is 1.16 bits per heavy atom. The van der Waals surface area contributed by atoms with Crippen molar-refractivity contribution < 1.29 is 18.7 Å². The second kappa shape index (κ2) is 10.3. The Bertz CT molecular complexity index is 938. The Balaban J connectivity index is 1.37. The molecule has 2 N–H and O–H groups in total. The molecule has 2 heterocycles. The van der Waals surface area contributed by atoms with Crippen LogP contribution in [-0.4, -0.2) is 50.7 Å². The molecule has 2 aliphatic heterocycles. The molecule has 0 saturated carbocycles. The Kier molecular flexibility index (Phi) is 7.27. The number of hydrogen-bond acceptors (Lipinski definition) is 5. The molecule has 2 aromatic carbocycles. The molecule has 0 spiro atoms. The first-order valence-corrected chi connectivity index (χ1v) is 11.3. The number of hydrogen-bond donors (Lipinski definition) is 2. The average Bonchev–Trinajstić information content (AvgIpc) is 3.32. The molecule has 2 fully saturated rings. The quantitative estimate of drug-likeness (QED) is 0.691. The number of carbonyl (C=O) groups excluding carboxylic acids is 1. The second-order valence-electron chi connectivity index (χ2n) is 8.61. The van der Waals surface area contributed by atoms with E-state index in [2.05, 4.69) is 10.9 Å². The minimum atomic E-state index is -0.160. The molecule has 172 valence electrons. The summed E-state index contributed by atoms with van der Waals surface area (Å²) in [4.78, 5) is 15.0. The number of nitrogens with zero attached hydrogens (tertiary/aromatic N) is 1. The highest BCUT2D eigenvalue weighted by molar-refractivity contribution is 5.76. The summed E-state index contributed by atoms with van der Waals surface area (Å²) >= 11 is 0. The van der Waals surface area contributed by atoms with E-state index in [4.69, 9.17) is 9.47 Å². The van der Waals surface area contributed by atoms with E-state index in [1.807, 2.05) is 35.2 Å². The van der Waals surface area contributed by atoms with Gasteiger partial charge >= 0.3 is 0 Å². The number of ether oxygens (including phenoxy) is 2. The number of hydrazine groups is 1. The van der Waals surface area contributed by atoms with E-state index in [0.29, 0.717) is 37.4 Å². The lowest BCUT2D eigenvalue weighted by atomic mass is 9.81. The molecule has 3 unspecified atom stereocenters. The fourth-order valence-corrected chi connectivity index (χ4v) is 5.02. The van der Waals surface area contributed by atoms with E-state index in [1.165, 1.54) is 6.07 Å². The molecule has 0 aliphatic carbocycles. The van der Waals surface area contributed by atoms with Crippen LogP contribution in [0.5, 0.6) is 11.5 Å². The van der Waals surface area contributed by atoms with E-state index >= 15 is 0 Å². The molecule has 32 heavy (non-hydrogen) atoms. The first-order valence-electron chi connectivity index (χ1n) is 11.3. The second-order valence-corrected chi connectivity index (χ2v) is 8.61. The molecular formula is C25H32FN3O3. The largest absolute Gasteiger partial charge is 0.493 e. The first-order chi connectivity index (χ1) is 15.6. The van der Waals surface area contributed by atoms with Gasteiger partial charge in [0.05, 0.1) is 14.2 Å². The van der Waals surface area contributed by atoms with Crippen LogP contribution in [0.3, 0.4) is 0 Å². The number of likely N-dealkylation sites (tertiary alicyclic amines) is 1. The van der Waals surface area contributed by atoms with Crippen molar-refractivity contribution in [2.24, 2.45) is 5.92 Å². The Labute approximate surface area is 189 Å². The van der Waals surface area contributed by atoms with Crippen LogP contribution in [-0.2, 0) is 11.2 Å². The molecule has 1 amide bonds. The number of amides is 1. The fraction of sp³-hybridized carbons (Fsp3) is 0.480. The number of rotatable bonds is 7. The monoisotopic (exact) mass is 441 g/mol. The molecule has 7 heteroatoms. The smallest absolute Gasteiger partial charge is 0.222 e. The molecule has 0 bridgehead atoms. The number of halogens is 1. The van der Waals surface area contributed by atoms with Crippen LogP contribution in [0.4, 0.5) is 4.39 Å². The highest BCUT2D eigenvalue weighted by Crippen LogP contribution is 2.33. The van der Waals surface area contributed by atoms with Crippen molar-refractivity contribution in [2.45, 2.75) is 37.6 Å². The predicted octanol–water partition coefficient (Wildman–Crippen LogP) is 3.27. The van der Waals surface area contributed by atoms with Gasteiger partial charge < -0.3 is 14.4 Å². The molecule has 3 atom stereocenters. The van der Waals surface area contributed by atoms with E-state index in [-0.39, 0.29) is 29.6 Å². The maximum atomic E-state index is 14.4. The van der Waals surface area contributed by atoms with Gasteiger partial charge in [-0.15, -0.1) is 0 Å². The van der Waals surface area contributed by atoms with Gasteiger partial charge in [0.2, 0.25) is 5.91 Å². The molecule has 6 nitrogen and oxygen atoms in total. The van der Waals surface area contributed by atoms with Crippen LogP contribution in [0.25, 0.3) is 0 Å². The summed E-state index contributed by atoms with van der Waals surface area (Å²) in [7, 11) is 3.22. The van der Waals surface area contributed by atoms with Crippen molar-refractivity contribution in [1.29, 1.82) is 0 Å². The average molecular weight is 442 g/mol. The first kappa shape index (κ1) is 22.6. The third kappa shape index (κ3) is 4.89. The topological polar surface area (TPSA) is 62.8 Å². The van der Waals surface area contributed by atoms with Crippen LogP contribution in [0.15, 0.2) is 42.5 Å². The summed E-state index contributed by atoms with van der Waals surface area (Å²) in [5.74, 6) is 1.71. The van der Waals surface area contributed by atoms with Gasteiger partial charge in [0.25, 0.3) is 0 Å². The van der Waals surface area contributed by atoms with Gasteiger partial charge in [0, 0.05) is 38.0 Å². The van der Waals surface area contributed by atoms with Crippen molar-refractivity contribution in [2.75, 3.05) is 33.9 Å². The van der Waals surface area contributed by atoms with E-state index in [9.17, 15) is 9.18 Å². The van der Waals surface area contributed by atoms with Gasteiger partial charge in [0.1, 0.15) is 5.82 Å². The predicted molar refractivity (Wildman–Crippen MR) is 121 cm³/mol. The standard InChI is InChI=1S/C25H32FN3O3/c1-31-22-11-9-17(14-23(22)32-2)10-12-24(30)29-13-5-6-18(16-29)25-20(15-27-28-25)19-7-3-4-8-21(19)26/h3-4,7-9,11,14,18,20,25,27-28H,5-6,10,12-13,15-16H2,1-2H3. The van der Waals surface area contributed by atoms with Gasteiger partial charge in [-0.2, -0.15) is 0 Å². The number of carbonyl (C=O) groups is 1. The number of benzene rings is 2. The van der Waals surface area contributed by atoms with Crippen LogP contribution < -0.4 is 20.3 Å². The Morgan fingerprint density at radius 3 is 2.75 bits per heavy atom. The van der Waals surface area contributed by atoms with Crippen LogP contribution >= 0.6 is 0 Å². The number of piperidine rings is 1. The molecule has 0 radical (unpaired) electrons. The van der Waals surface area contributed by atoms with Gasteiger partial charge in [-0.1, -0.05) is 24.3 Å². The summed E-state index contributed by atoms with van der Waals surface area (Å²) in [6.45, 7) is 2.18. The third-order valence-electron chi connectivity index (χ3n) is 6.72. The molecule has 2 aromatic rings. The summed E-state index contributed by atoms with van der Waals surface area (Å²) in [5, 5.41) is 0. The lowest BCUT2D eigenvalue weighted by Crippen LogP contribution is -2.48. The molecular weight excluding hydrogens is 409 g/mol. The number of nitrogens with one attached hydrogen (secondary N) is 2. The fourth-order valence-electron chi connectivity index (χ4n) is 5.02. The maximum Gasteiger partial charge on any atom is 0.222 e. The van der Waals surface area contributed by atoms with Crippen LogP contribution in [0.2, 0.25) is 0 Å². The summed E-state index contributed by atoms with van der Waals surface area (Å²) < 4.78 is 25.1. The lowest BCUT2D eigenvalue weighted by Gasteiger charge is -2.37. The van der Waals surface area contributed by atoms with Gasteiger partial charge in [-0.05, 0) is 54.5 Å². The van der Waals surface area contributed by atoms with E-state index in [0.717, 1.165) is 30.5 Å². The van der Waals surface area contributed by atoms with Crippen molar-refractivity contribution in [1.82, 2.24) is 15.8 Å². The van der Waals surface area contributed by atoms with Gasteiger partial charge in [0.15, 0.2) is 11.5 Å². The zero-order valence-electron chi connectivity index (χ0n) is 18.8. The highest BCUT2D eigenvalue weighted by atomic mass is 19.1. The van der Waals surface area contributed by atoms with E-state index in [1.54, 1.807) is 20.3 Å². The molecule has 2 aliphatic rings. The minimum Gasteiger partial charge on any atom is -0.493 e. The minimum absolute atomic E-state index is 0.0583.